The number of hydrogen-bond acceptors (Lipinski definition) is 4. The van der Waals surface area contributed by atoms with Crippen LogP contribution in [0.5, 0.6) is 0 Å². The van der Waals surface area contributed by atoms with Crippen molar-refractivity contribution in [2.24, 2.45) is 0 Å². The Labute approximate surface area is 87.3 Å². The van der Waals surface area contributed by atoms with Gasteiger partial charge in [0.2, 0.25) is 0 Å². The molecule has 0 radical (unpaired) electrons. The smallest absolute Gasteiger partial charge is 0.341 e. The number of methoxy groups -OCH3 is 1. The number of hydrogen-bond donors (Lipinski definition) is 1. The minimum Gasteiger partial charge on any atom is -0.465 e. The number of rotatable bonds is 1. The van der Waals surface area contributed by atoms with Crippen LogP contribution >= 0.6 is 23.7 Å². The van der Waals surface area contributed by atoms with Gasteiger partial charge in [0.05, 0.1) is 18.4 Å². The van der Waals surface area contributed by atoms with Crippen LogP contribution in [-0.4, -0.2) is 13.1 Å². The van der Waals surface area contributed by atoms with Gasteiger partial charge < -0.3 is 10.5 Å². The second-order valence-corrected chi connectivity index (χ2v) is 3.92. The van der Waals surface area contributed by atoms with Crippen molar-refractivity contribution in [2.75, 3.05) is 12.8 Å². The van der Waals surface area contributed by atoms with E-state index in [-0.39, 0.29) is 18.4 Å². The highest BCUT2D eigenvalue weighted by molar-refractivity contribution is 7.12. The lowest BCUT2D eigenvalue weighted by Gasteiger charge is -1.98. The van der Waals surface area contributed by atoms with Crippen LogP contribution in [-0.2, 0) is 4.74 Å². The summed E-state index contributed by atoms with van der Waals surface area (Å²) < 4.78 is 4.60. The van der Waals surface area contributed by atoms with E-state index in [9.17, 15) is 4.79 Å². The van der Waals surface area contributed by atoms with E-state index in [0.29, 0.717) is 11.3 Å². The van der Waals surface area contributed by atoms with Gasteiger partial charge in [-0.05, 0) is 13.8 Å². The molecular weight excluding hydrogens is 210 g/mol. The molecule has 0 aliphatic carbocycles. The van der Waals surface area contributed by atoms with Crippen LogP contribution in [0.1, 0.15) is 20.1 Å². The summed E-state index contributed by atoms with van der Waals surface area (Å²) in [6.07, 6.45) is 0. The number of halogens is 1. The Morgan fingerprint density at radius 3 is 2.23 bits per heavy atom. The zero-order valence-electron chi connectivity index (χ0n) is 7.71. The van der Waals surface area contributed by atoms with Crippen molar-refractivity contribution in [3.63, 3.8) is 0 Å². The van der Waals surface area contributed by atoms with E-state index in [0.717, 1.165) is 9.75 Å². The third-order valence-corrected chi connectivity index (χ3v) is 2.73. The summed E-state index contributed by atoms with van der Waals surface area (Å²) in [5, 5.41) is 0. The lowest BCUT2D eigenvalue weighted by molar-refractivity contribution is 0.0602. The van der Waals surface area contributed by atoms with E-state index in [2.05, 4.69) is 4.74 Å². The number of esters is 1. The summed E-state index contributed by atoms with van der Waals surface area (Å²) in [5.74, 6) is -0.352. The Hall–Kier alpha value is -0.740. The molecule has 0 saturated heterocycles. The van der Waals surface area contributed by atoms with Gasteiger partial charge in [-0.25, -0.2) is 4.79 Å². The average molecular weight is 222 g/mol. The Morgan fingerprint density at radius 2 is 1.92 bits per heavy atom. The number of thiophene rings is 1. The second-order valence-electron chi connectivity index (χ2n) is 2.49. The molecule has 74 valence electrons. The van der Waals surface area contributed by atoms with E-state index in [4.69, 9.17) is 5.73 Å². The number of ether oxygens (including phenoxy) is 1. The zero-order chi connectivity index (χ0) is 9.30. The van der Waals surface area contributed by atoms with Crippen molar-refractivity contribution >= 4 is 35.4 Å². The fourth-order valence-electron chi connectivity index (χ4n) is 1.06. The van der Waals surface area contributed by atoms with Crippen LogP contribution in [0, 0.1) is 13.8 Å². The molecule has 5 heteroatoms. The summed E-state index contributed by atoms with van der Waals surface area (Å²) in [6.45, 7) is 3.75. The van der Waals surface area contributed by atoms with Gasteiger partial charge in [-0.3, -0.25) is 0 Å². The summed E-state index contributed by atoms with van der Waals surface area (Å²) in [4.78, 5) is 13.1. The number of nitrogen functional groups attached to an aromatic ring is 1. The molecule has 0 bridgehead atoms. The predicted molar refractivity (Wildman–Crippen MR) is 56.8 cm³/mol. The molecule has 0 saturated carbocycles. The molecule has 1 rings (SSSR count). The Bertz CT molecular complexity index is 322. The van der Waals surface area contributed by atoms with Crippen LogP contribution in [0.25, 0.3) is 0 Å². The first-order valence-corrected chi connectivity index (χ1v) is 4.33. The first-order valence-electron chi connectivity index (χ1n) is 3.51. The fraction of sp³-hybridized carbons (Fsp3) is 0.375. The van der Waals surface area contributed by atoms with Gasteiger partial charge >= 0.3 is 5.97 Å². The van der Waals surface area contributed by atoms with Crippen LogP contribution < -0.4 is 5.73 Å². The standard InChI is InChI=1S/C8H11NO2S.ClH/c1-4-6(8(10)11-3)7(9)5(2)12-4;/h9H2,1-3H3;1H. The Kier molecular flexibility index (Phi) is 4.23. The topological polar surface area (TPSA) is 52.3 Å². The maximum Gasteiger partial charge on any atom is 0.341 e. The SMILES string of the molecule is COC(=O)c1c(C)sc(C)c1N.Cl. The van der Waals surface area contributed by atoms with E-state index >= 15 is 0 Å². The lowest BCUT2D eigenvalue weighted by atomic mass is 10.2. The highest BCUT2D eigenvalue weighted by Gasteiger charge is 2.17. The molecular formula is C8H12ClNO2S. The molecule has 3 nitrogen and oxygen atoms in total. The Balaban J connectivity index is 0.00000144. The lowest BCUT2D eigenvalue weighted by Crippen LogP contribution is -2.04. The van der Waals surface area contributed by atoms with E-state index < -0.39 is 0 Å². The number of carbonyl (C=O) groups is 1. The fourth-order valence-corrected chi connectivity index (χ4v) is 2.02. The zero-order valence-corrected chi connectivity index (χ0v) is 9.34. The molecule has 0 unspecified atom stereocenters. The second kappa shape index (κ2) is 4.48. The molecule has 0 aliphatic heterocycles. The molecule has 0 aliphatic rings. The van der Waals surface area contributed by atoms with Crippen molar-refractivity contribution in [1.29, 1.82) is 0 Å². The van der Waals surface area contributed by atoms with Gasteiger partial charge in [0.15, 0.2) is 0 Å². The predicted octanol–water partition coefficient (Wildman–Crippen LogP) is 2.16. The minimum absolute atomic E-state index is 0. The summed E-state index contributed by atoms with van der Waals surface area (Å²) in [5.41, 5.74) is 6.75. The van der Waals surface area contributed by atoms with Gasteiger partial charge in [0, 0.05) is 9.75 Å². The van der Waals surface area contributed by atoms with Crippen LogP contribution in [0.4, 0.5) is 5.69 Å². The highest BCUT2D eigenvalue weighted by atomic mass is 35.5. The van der Waals surface area contributed by atoms with Crippen molar-refractivity contribution in [1.82, 2.24) is 0 Å². The van der Waals surface area contributed by atoms with Gasteiger partial charge in [-0.15, -0.1) is 23.7 Å². The molecule has 0 aromatic carbocycles. The van der Waals surface area contributed by atoms with Crippen LogP contribution in [0.15, 0.2) is 0 Å². The monoisotopic (exact) mass is 221 g/mol. The molecule has 1 aromatic rings. The molecule has 0 fully saturated rings. The van der Waals surface area contributed by atoms with E-state index in [1.54, 1.807) is 0 Å². The minimum atomic E-state index is -0.352. The van der Waals surface area contributed by atoms with Gasteiger partial charge in [-0.2, -0.15) is 0 Å². The summed E-state index contributed by atoms with van der Waals surface area (Å²) >= 11 is 1.51. The van der Waals surface area contributed by atoms with Gasteiger partial charge in [0.25, 0.3) is 0 Å². The van der Waals surface area contributed by atoms with Crippen LogP contribution in [0.2, 0.25) is 0 Å². The quantitative estimate of drug-likeness (QED) is 0.740. The first kappa shape index (κ1) is 12.3. The molecule has 2 N–H and O–H groups in total. The number of anilines is 1. The van der Waals surface area contributed by atoms with Crippen LogP contribution in [0.3, 0.4) is 0 Å². The number of nitrogens with two attached hydrogens (primary N) is 1. The van der Waals surface area contributed by atoms with Crippen molar-refractivity contribution in [3.05, 3.63) is 15.3 Å². The van der Waals surface area contributed by atoms with E-state index in [1.807, 2.05) is 13.8 Å². The number of carbonyl (C=O) groups excluding carboxylic acids is 1. The maximum atomic E-state index is 11.2. The average Bonchev–Trinajstić information content (AvgIpc) is 2.26. The van der Waals surface area contributed by atoms with Gasteiger partial charge in [0.1, 0.15) is 0 Å². The Morgan fingerprint density at radius 1 is 1.38 bits per heavy atom. The third-order valence-electron chi connectivity index (χ3n) is 1.70. The molecule has 13 heavy (non-hydrogen) atoms. The third kappa shape index (κ3) is 2.14. The van der Waals surface area contributed by atoms with E-state index in [1.165, 1.54) is 18.4 Å². The van der Waals surface area contributed by atoms with Crippen molar-refractivity contribution < 1.29 is 9.53 Å². The molecule has 0 atom stereocenters. The van der Waals surface area contributed by atoms with Crippen molar-refractivity contribution in [2.45, 2.75) is 13.8 Å². The maximum absolute atomic E-state index is 11.2. The summed E-state index contributed by atoms with van der Waals surface area (Å²) in [7, 11) is 1.36. The first-order chi connectivity index (χ1) is 5.57. The molecule has 0 spiro atoms. The van der Waals surface area contributed by atoms with Gasteiger partial charge in [-0.1, -0.05) is 0 Å². The summed E-state index contributed by atoms with van der Waals surface area (Å²) in [6, 6.07) is 0. The van der Waals surface area contributed by atoms with Crippen molar-refractivity contribution in [3.8, 4) is 0 Å². The normalized spacial score (nSPS) is 9.15. The molecule has 1 aromatic heterocycles. The molecule has 1 heterocycles. The highest BCUT2D eigenvalue weighted by Crippen LogP contribution is 2.29. The largest absolute Gasteiger partial charge is 0.465 e. The molecule has 0 amide bonds. The number of aryl methyl sites for hydroxylation is 2.